The van der Waals surface area contributed by atoms with Crippen molar-refractivity contribution >= 4 is 21.0 Å². The smallest absolute Gasteiger partial charge is 0.334 e. The molecule has 0 heterocycles. The highest BCUT2D eigenvalue weighted by molar-refractivity contribution is 7.97. The van der Waals surface area contributed by atoms with Crippen molar-refractivity contribution in [3.05, 3.63) is 91.0 Å². The van der Waals surface area contributed by atoms with Gasteiger partial charge in [-0.2, -0.15) is 8.78 Å². The first-order valence-electron chi connectivity index (χ1n) is 11.5. The molecule has 3 aromatic rings. The van der Waals surface area contributed by atoms with Crippen LogP contribution in [0.2, 0.25) is 0 Å². The Morgan fingerprint density at radius 1 is 0.765 bits per heavy atom. The number of halogens is 2. The maximum Gasteiger partial charge on any atom is 0.334 e. The summed E-state index contributed by atoms with van der Waals surface area (Å²) in [6, 6.07) is 32.2. The van der Waals surface area contributed by atoms with E-state index < -0.39 is 21.8 Å². The average Bonchev–Trinajstić information content (AvgIpc) is 3.44. The summed E-state index contributed by atoms with van der Waals surface area (Å²) in [4.78, 5) is 4.08. The molecule has 34 heavy (non-hydrogen) atoms. The number of hydrogen-bond donors (Lipinski definition) is 0. The summed E-state index contributed by atoms with van der Waals surface area (Å²) < 4.78 is 57.0. The van der Waals surface area contributed by atoms with E-state index in [9.17, 15) is 21.8 Å². The molecule has 2 bridgehead atoms. The SMILES string of the molecule is O=S(=O)([O-])C(F)(F)CC1CC2CCC1C2.c1ccc([S+](c2ccccc2)c2ccccc2)cc1. The Morgan fingerprint density at radius 3 is 1.53 bits per heavy atom. The molecule has 0 aromatic heterocycles. The minimum Gasteiger partial charge on any atom is -0.743 e. The van der Waals surface area contributed by atoms with Crippen molar-refractivity contribution in [1.29, 1.82) is 0 Å². The summed E-state index contributed by atoms with van der Waals surface area (Å²) in [5.74, 6) is 0.412. The lowest BCUT2D eigenvalue weighted by Crippen LogP contribution is -2.32. The Labute approximate surface area is 203 Å². The highest BCUT2D eigenvalue weighted by Crippen LogP contribution is 2.51. The van der Waals surface area contributed by atoms with Gasteiger partial charge in [0.15, 0.2) is 24.8 Å². The van der Waals surface area contributed by atoms with Gasteiger partial charge in [0.1, 0.15) is 0 Å². The summed E-state index contributed by atoms with van der Waals surface area (Å²) in [6.07, 6.45) is 2.79. The summed E-state index contributed by atoms with van der Waals surface area (Å²) in [5.41, 5.74) is 0. The molecule has 3 aromatic carbocycles. The third kappa shape index (κ3) is 5.88. The maximum atomic E-state index is 13.0. The van der Waals surface area contributed by atoms with Gasteiger partial charge in [-0.3, -0.25) is 0 Å². The molecular weight excluding hydrogens is 474 g/mol. The zero-order valence-corrected chi connectivity index (χ0v) is 20.4. The number of benzene rings is 3. The first-order chi connectivity index (χ1) is 16.2. The van der Waals surface area contributed by atoms with E-state index >= 15 is 0 Å². The highest BCUT2D eigenvalue weighted by Gasteiger charge is 2.47. The Hall–Kier alpha value is -2.22. The standard InChI is InChI=1S/C18H15S.C9H14F2O3S/c1-4-10-16(11-5-1)19(17-12-6-2-7-13-17)18-14-8-3-9-15-18;10-9(11,15(12,13)14)5-8-4-6-1-2-7(8)3-6/h1-15H;6-8H,1-5H2,(H,12,13,14)/q+1;/p-1. The van der Waals surface area contributed by atoms with Crippen molar-refractivity contribution in [1.82, 2.24) is 0 Å². The number of hydrogen-bond acceptors (Lipinski definition) is 3. The molecule has 0 spiro atoms. The van der Waals surface area contributed by atoms with Crippen molar-refractivity contribution < 1.29 is 21.8 Å². The first-order valence-corrected chi connectivity index (χ1v) is 14.1. The summed E-state index contributed by atoms with van der Waals surface area (Å²) in [7, 11) is -5.50. The van der Waals surface area contributed by atoms with Crippen LogP contribution in [0.5, 0.6) is 0 Å². The lowest BCUT2D eigenvalue weighted by molar-refractivity contribution is 0.0413. The van der Waals surface area contributed by atoms with Gasteiger partial charge < -0.3 is 4.55 Å². The van der Waals surface area contributed by atoms with Crippen molar-refractivity contribution in [3.63, 3.8) is 0 Å². The quantitative estimate of drug-likeness (QED) is 0.277. The molecule has 2 aliphatic carbocycles. The molecule has 3 atom stereocenters. The molecule has 0 aliphatic heterocycles. The van der Waals surface area contributed by atoms with Crippen molar-refractivity contribution in [2.24, 2.45) is 17.8 Å². The largest absolute Gasteiger partial charge is 0.743 e. The normalized spacial score (nSPS) is 21.8. The van der Waals surface area contributed by atoms with E-state index in [1.54, 1.807) is 0 Å². The molecular formula is C27H28F2O3S2. The lowest BCUT2D eigenvalue weighted by atomic mass is 9.86. The minimum atomic E-state index is -5.49. The van der Waals surface area contributed by atoms with Crippen LogP contribution in [0.15, 0.2) is 106 Å². The van der Waals surface area contributed by atoms with Gasteiger partial charge in [0.05, 0.1) is 10.9 Å². The Balaban J connectivity index is 0.000000166. The van der Waals surface area contributed by atoms with Crippen molar-refractivity contribution in [2.75, 3.05) is 0 Å². The monoisotopic (exact) mass is 502 g/mol. The molecule has 0 radical (unpaired) electrons. The van der Waals surface area contributed by atoms with E-state index in [4.69, 9.17) is 0 Å². The zero-order chi connectivity index (χ0) is 24.2. The molecule has 3 unspecified atom stereocenters. The van der Waals surface area contributed by atoms with Gasteiger partial charge in [-0.05, 0) is 73.4 Å². The van der Waals surface area contributed by atoms with Crippen LogP contribution in [0.3, 0.4) is 0 Å². The van der Waals surface area contributed by atoms with Crippen LogP contribution in [0.4, 0.5) is 8.78 Å². The fourth-order valence-electron chi connectivity index (χ4n) is 5.11. The van der Waals surface area contributed by atoms with Gasteiger partial charge in [-0.1, -0.05) is 61.0 Å². The number of fused-ring (bicyclic) bond motifs is 2. The van der Waals surface area contributed by atoms with Crippen LogP contribution in [0.25, 0.3) is 0 Å². The van der Waals surface area contributed by atoms with E-state index in [-0.39, 0.29) is 22.7 Å². The van der Waals surface area contributed by atoms with Gasteiger partial charge in [-0.15, -0.1) is 0 Å². The zero-order valence-electron chi connectivity index (χ0n) is 18.7. The minimum absolute atomic E-state index is 0.0146. The second-order valence-corrected chi connectivity index (χ2v) is 12.5. The first kappa shape index (κ1) is 24.9. The Morgan fingerprint density at radius 2 is 1.21 bits per heavy atom. The van der Waals surface area contributed by atoms with Gasteiger partial charge >= 0.3 is 5.25 Å². The van der Waals surface area contributed by atoms with Crippen molar-refractivity contribution in [3.8, 4) is 0 Å². The van der Waals surface area contributed by atoms with Crippen LogP contribution in [0, 0.1) is 17.8 Å². The molecule has 0 N–H and O–H groups in total. The molecule has 2 fully saturated rings. The lowest BCUT2D eigenvalue weighted by Gasteiger charge is -2.27. The van der Waals surface area contributed by atoms with Gasteiger partial charge in [0.2, 0.25) is 0 Å². The van der Waals surface area contributed by atoms with Crippen LogP contribution < -0.4 is 0 Å². The fourth-order valence-corrected chi connectivity index (χ4v) is 7.63. The van der Waals surface area contributed by atoms with Crippen LogP contribution in [-0.4, -0.2) is 18.2 Å². The highest BCUT2D eigenvalue weighted by atomic mass is 32.2. The fraction of sp³-hybridized carbons (Fsp3) is 0.333. The van der Waals surface area contributed by atoms with E-state index in [1.165, 1.54) is 14.7 Å². The molecule has 7 heteroatoms. The van der Waals surface area contributed by atoms with Gasteiger partial charge in [-0.25, -0.2) is 8.42 Å². The van der Waals surface area contributed by atoms with Gasteiger partial charge in [0, 0.05) is 6.42 Å². The van der Waals surface area contributed by atoms with E-state index in [0.717, 1.165) is 19.3 Å². The maximum absolute atomic E-state index is 13.0. The van der Waals surface area contributed by atoms with Crippen LogP contribution in [-0.2, 0) is 21.0 Å². The van der Waals surface area contributed by atoms with Crippen molar-refractivity contribution in [2.45, 2.75) is 52.0 Å². The molecule has 3 nitrogen and oxygen atoms in total. The molecule has 0 saturated heterocycles. The molecule has 180 valence electrons. The summed E-state index contributed by atoms with van der Waals surface area (Å²) in [5, 5.41) is -4.08. The second kappa shape index (κ2) is 10.6. The van der Waals surface area contributed by atoms with Crippen LogP contribution in [0.1, 0.15) is 32.1 Å². The second-order valence-electron chi connectivity index (χ2n) is 8.98. The topological polar surface area (TPSA) is 57.2 Å². The molecule has 2 aliphatic rings. The molecule has 0 amide bonds. The van der Waals surface area contributed by atoms with Gasteiger partial charge in [0.25, 0.3) is 0 Å². The van der Waals surface area contributed by atoms with Crippen LogP contribution >= 0.6 is 0 Å². The third-order valence-electron chi connectivity index (χ3n) is 6.69. The third-order valence-corrected chi connectivity index (χ3v) is 9.82. The van der Waals surface area contributed by atoms with E-state index in [1.807, 2.05) is 0 Å². The predicted octanol–water partition coefficient (Wildman–Crippen LogP) is 6.73. The van der Waals surface area contributed by atoms with E-state index in [0.29, 0.717) is 12.3 Å². The Kier molecular flexibility index (Phi) is 7.75. The summed E-state index contributed by atoms with van der Waals surface area (Å²) >= 11 is 0. The van der Waals surface area contributed by atoms with E-state index in [2.05, 4.69) is 91.0 Å². The molecule has 5 rings (SSSR count). The molecule has 2 saturated carbocycles. The predicted molar refractivity (Wildman–Crippen MR) is 130 cm³/mol. The Bertz CT molecular complexity index is 1060. The average molecular weight is 503 g/mol. The number of alkyl halides is 2. The number of rotatable bonds is 6. The summed E-state index contributed by atoms with van der Waals surface area (Å²) in [6.45, 7) is 0.